The summed E-state index contributed by atoms with van der Waals surface area (Å²) in [6.45, 7) is 0.132. The van der Waals surface area contributed by atoms with Crippen molar-refractivity contribution >= 4 is 50.2 Å². The standard InChI is InChI=1S/C19H17BrN4O3/c20-12-6-5-11-9-16(23-15(11)10-12)19(27)24-14-4-2-1-3-13(14)18(26)22-8-7-17(21)25/h1-6,9-10,23H,7-8H2,(H2,21,25)(H,22,26)(H,24,27). The van der Waals surface area contributed by atoms with Gasteiger partial charge in [0.05, 0.1) is 11.3 Å². The summed E-state index contributed by atoms with van der Waals surface area (Å²) in [5, 5.41) is 6.26. The lowest BCUT2D eigenvalue weighted by Gasteiger charge is -2.10. The maximum Gasteiger partial charge on any atom is 0.272 e. The van der Waals surface area contributed by atoms with Crippen LogP contribution in [0.15, 0.2) is 53.0 Å². The fraction of sp³-hybridized carbons (Fsp3) is 0.105. The number of carbonyl (C=O) groups is 3. The maximum absolute atomic E-state index is 12.6. The van der Waals surface area contributed by atoms with Crippen LogP contribution in [-0.2, 0) is 4.79 Å². The first-order valence-corrected chi connectivity index (χ1v) is 8.98. The van der Waals surface area contributed by atoms with Crippen molar-refractivity contribution in [2.75, 3.05) is 11.9 Å². The molecule has 138 valence electrons. The Bertz CT molecular complexity index is 1030. The molecule has 0 saturated carbocycles. The number of nitrogens with one attached hydrogen (secondary N) is 3. The van der Waals surface area contributed by atoms with E-state index in [-0.39, 0.29) is 18.9 Å². The van der Waals surface area contributed by atoms with Crippen LogP contribution in [0.1, 0.15) is 27.3 Å². The first kappa shape index (κ1) is 18.7. The average Bonchev–Trinajstić information content (AvgIpc) is 3.05. The molecule has 0 aliphatic heterocycles. The van der Waals surface area contributed by atoms with E-state index in [4.69, 9.17) is 5.73 Å². The molecule has 0 spiro atoms. The van der Waals surface area contributed by atoms with Crippen LogP contribution in [0.2, 0.25) is 0 Å². The van der Waals surface area contributed by atoms with Gasteiger partial charge in [0, 0.05) is 28.3 Å². The molecule has 0 atom stereocenters. The number of rotatable bonds is 6. The van der Waals surface area contributed by atoms with Gasteiger partial charge in [-0.3, -0.25) is 14.4 Å². The predicted molar refractivity (Wildman–Crippen MR) is 107 cm³/mol. The molecule has 8 heteroatoms. The van der Waals surface area contributed by atoms with Crippen molar-refractivity contribution in [2.24, 2.45) is 5.73 Å². The molecule has 0 unspecified atom stereocenters. The van der Waals surface area contributed by atoms with Crippen molar-refractivity contribution in [1.29, 1.82) is 0 Å². The minimum atomic E-state index is -0.498. The summed E-state index contributed by atoms with van der Waals surface area (Å²) in [7, 11) is 0. The van der Waals surface area contributed by atoms with E-state index in [9.17, 15) is 14.4 Å². The monoisotopic (exact) mass is 428 g/mol. The van der Waals surface area contributed by atoms with E-state index in [1.807, 2.05) is 18.2 Å². The molecule has 0 aliphatic carbocycles. The quantitative estimate of drug-likeness (QED) is 0.483. The Balaban J connectivity index is 1.77. The molecule has 0 fully saturated rings. The molecule has 0 bridgehead atoms. The first-order chi connectivity index (χ1) is 12.9. The molecule has 5 N–H and O–H groups in total. The van der Waals surface area contributed by atoms with Crippen LogP contribution in [0, 0.1) is 0 Å². The van der Waals surface area contributed by atoms with E-state index in [0.29, 0.717) is 16.9 Å². The largest absolute Gasteiger partial charge is 0.370 e. The van der Waals surface area contributed by atoms with Gasteiger partial charge in [-0.05, 0) is 30.3 Å². The summed E-state index contributed by atoms with van der Waals surface area (Å²) in [4.78, 5) is 38.8. The summed E-state index contributed by atoms with van der Waals surface area (Å²) in [6.07, 6.45) is 0.0465. The minimum absolute atomic E-state index is 0.0465. The molecule has 7 nitrogen and oxygen atoms in total. The van der Waals surface area contributed by atoms with Crippen molar-refractivity contribution in [3.8, 4) is 0 Å². The Morgan fingerprint density at radius 3 is 2.59 bits per heavy atom. The number of aromatic amines is 1. The van der Waals surface area contributed by atoms with Gasteiger partial charge in [0.15, 0.2) is 0 Å². The lowest BCUT2D eigenvalue weighted by atomic mass is 10.1. The number of primary amides is 1. The van der Waals surface area contributed by atoms with Gasteiger partial charge in [-0.1, -0.05) is 34.1 Å². The van der Waals surface area contributed by atoms with Gasteiger partial charge >= 0.3 is 0 Å². The lowest BCUT2D eigenvalue weighted by molar-refractivity contribution is -0.117. The van der Waals surface area contributed by atoms with Crippen molar-refractivity contribution in [1.82, 2.24) is 10.3 Å². The molecule has 1 aromatic heterocycles. The molecule has 0 saturated heterocycles. The second-order valence-electron chi connectivity index (χ2n) is 5.89. The van der Waals surface area contributed by atoms with Crippen LogP contribution in [0.5, 0.6) is 0 Å². The minimum Gasteiger partial charge on any atom is -0.370 e. The number of hydrogen-bond acceptors (Lipinski definition) is 3. The van der Waals surface area contributed by atoms with Crippen LogP contribution in [-0.4, -0.2) is 29.3 Å². The molecule has 3 amide bonds. The van der Waals surface area contributed by atoms with Gasteiger partial charge in [-0.15, -0.1) is 0 Å². The van der Waals surface area contributed by atoms with E-state index in [0.717, 1.165) is 15.4 Å². The second kappa shape index (κ2) is 8.05. The molecule has 1 heterocycles. The average molecular weight is 429 g/mol. The number of nitrogens with two attached hydrogens (primary N) is 1. The molecular weight excluding hydrogens is 412 g/mol. The Hall–Kier alpha value is -3.13. The highest BCUT2D eigenvalue weighted by Crippen LogP contribution is 2.22. The smallest absolute Gasteiger partial charge is 0.272 e. The summed E-state index contributed by atoms with van der Waals surface area (Å²) < 4.78 is 0.904. The lowest BCUT2D eigenvalue weighted by Crippen LogP contribution is -2.28. The Morgan fingerprint density at radius 2 is 1.81 bits per heavy atom. The number of fused-ring (bicyclic) bond motifs is 1. The number of para-hydroxylation sites is 1. The fourth-order valence-corrected chi connectivity index (χ4v) is 2.96. The van der Waals surface area contributed by atoms with E-state index in [1.54, 1.807) is 30.3 Å². The number of aromatic nitrogens is 1. The van der Waals surface area contributed by atoms with Gasteiger partial charge in [0.1, 0.15) is 5.69 Å². The maximum atomic E-state index is 12.6. The number of carbonyl (C=O) groups excluding carboxylic acids is 3. The van der Waals surface area contributed by atoms with Crippen molar-refractivity contribution in [3.63, 3.8) is 0 Å². The molecule has 3 rings (SSSR count). The molecule has 27 heavy (non-hydrogen) atoms. The third-order valence-corrected chi connectivity index (χ3v) is 4.40. The van der Waals surface area contributed by atoms with E-state index in [2.05, 4.69) is 31.5 Å². The van der Waals surface area contributed by atoms with E-state index >= 15 is 0 Å². The summed E-state index contributed by atoms with van der Waals surface area (Å²) in [5.74, 6) is -1.25. The number of halogens is 1. The number of amides is 3. The third-order valence-electron chi connectivity index (χ3n) is 3.91. The van der Waals surface area contributed by atoms with Crippen molar-refractivity contribution in [3.05, 3.63) is 64.3 Å². The second-order valence-corrected chi connectivity index (χ2v) is 6.80. The molecular formula is C19H17BrN4O3. The first-order valence-electron chi connectivity index (χ1n) is 8.19. The highest BCUT2D eigenvalue weighted by atomic mass is 79.9. The zero-order chi connectivity index (χ0) is 19.4. The van der Waals surface area contributed by atoms with Crippen molar-refractivity contribution in [2.45, 2.75) is 6.42 Å². The van der Waals surface area contributed by atoms with Gasteiger partial charge in [-0.2, -0.15) is 0 Å². The van der Waals surface area contributed by atoms with Crippen molar-refractivity contribution < 1.29 is 14.4 Å². The number of hydrogen-bond donors (Lipinski definition) is 4. The molecule has 3 aromatic rings. The van der Waals surface area contributed by atoms with Crippen LogP contribution in [0.25, 0.3) is 10.9 Å². The Labute approximate surface area is 163 Å². The van der Waals surface area contributed by atoms with Crippen LogP contribution < -0.4 is 16.4 Å². The molecule has 0 aliphatic rings. The van der Waals surface area contributed by atoms with Gasteiger partial charge in [0.25, 0.3) is 11.8 Å². The topological polar surface area (TPSA) is 117 Å². The number of H-pyrrole nitrogens is 1. The van der Waals surface area contributed by atoms with Gasteiger partial charge < -0.3 is 21.4 Å². The normalized spacial score (nSPS) is 10.6. The third kappa shape index (κ3) is 4.53. The zero-order valence-corrected chi connectivity index (χ0v) is 15.8. The zero-order valence-electron chi connectivity index (χ0n) is 14.2. The highest BCUT2D eigenvalue weighted by molar-refractivity contribution is 9.10. The number of anilines is 1. The van der Waals surface area contributed by atoms with Crippen LogP contribution in [0.3, 0.4) is 0 Å². The summed E-state index contributed by atoms with van der Waals surface area (Å²) in [6, 6.07) is 14.1. The predicted octanol–water partition coefficient (Wildman–Crippen LogP) is 2.79. The number of benzene rings is 2. The fourth-order valence-electron chi connectivity index (χ4n) is 2.60. The van der Waals surface area contributed by atoms with Gasteiger partial charge in [0.2, 0.25) is 5.91 Å². The van der Waals surface area contributed by atoms with E-state index < -0.39 is 11.8 Å². The summed E-state index contributed by atoms with van der Waals surface area (Å²) in [5.41, 5.74) is 6.95. The van der Waals surface area contributed by atoms with Crippen LogP contribution in [0.4, 0.5) is 5.69 Å². The van der Waals surface area contributed by atoms with Crippen LogP contribution >= 0.6 is 15.9 Å². The summed E-state index contributed by atoms with van der Waals surface area (Å²) >= 11 is 3.39. The Kier molecular flexibility index (Phi) is 5.56. The molecule has 2 aromatic carbocycles. The van der Waals surface area contributed by atoms with E-state index in [1.165, 1.54) is 0 Å². The Morgan fingerprint density at radius 1 is 1.04 bits per heavy atom. The highest BCUT2D eigenvalue weighted by Gasteiger charge is 2.15. The van der Waals surface area contributed by atoms with Gasteiger partial charge in [-0.25, -0.2) is 0 Å². The SMILES string of the molecule is NC(=O)CCNC(=O)c1ccccc1NC(=O)c1cc2ccc(Br)cc2[nH]1. The molecule has 0 radical (unpaired) electrons.